The smallest absolute Gasteiger partial charge is 0.134 e. The van der Waals surface area contributed by atoms with Gasteiger partial charge in [-0.2, -0.15) is 0 Å². The SMILES string of the molecule is NCc1ccc2ncc(O)cc2c1. The highest BCUT2D eigenvalue weighted by Crippen LogP contribution is 2.18. The summed E-state index contributed by atoms with van der Waals surface area (Å²) in [5.74, 6) is 0.182. The molecule has 2 aromatic rings. The fraction of sp³-hybridized carbons (Fsp3) is 0.100. The maximum Gasteiger partial charge on any atom is 0.134 e. The first-order valence-electron chi connectivity index (χ1n) is 4.07. The number of hydrogen-bond acceptors (Lipinski definition) is 3. The molecular formula is C10H10N2O. The van der Waals surface area contributed by atoms with E-state index in [1.165, 1.54) is 6.20 Å². The van der Waals surface area contributed by atoms with Crippen LogP contribution < -0.4 is 5.73 Å². The first kappa shape index (κ1) is 8.01. The van der Waals surface area contributed by atoms with Crippen molar-refractivity contribution < 1.29 is 5.11 Å². The van der Waals surface area contributed by atoms with E-state index in [0.717, 1.165) is 16.5 Å². The molecule has 0 atom stereocenters. The Kier molecular flexibility index (Phi) is 1.87. The lowest BCUT2D eigenvalue weighted by Gasteiger charge is -2.00. The third-order valence-corrected chi connectivity index (χ3v) is 1.97. The molecule has 1 aromatic carbocycles. The van der Waals surface area contributed by atoms with Gasteiger partial charge in [0.05, 0.1) is 11.7 Å². The van der Waals surface area contributed by atoms with Gasteiger partial charge in [-0.05, 0) is 23.8 Å². The molecule has 0 unspecified atom stereocenters. The summed E-state index contributed by atoms with van der Waals surface area (Å²) in [6, 6.07) is 7.45. The maximum absolute atomic E-state index is 9.20. The van der Waals surface area contributed by atoms with Crippen molar-refractivity contribution in [1.82, 2.24) is 4.98 Å². The number of aromatic nitrogens is 1. The van der Waals surface area contributed by atoms with E-state index in [0.29, 0.717) is 6.54 Å². The normalized spacial score (nSPS) is 10.5. The molecule has 0 aliphatic heterocycles. The van der Waals surface area contributed by atoms with Gasteiger partial charge in [-0.25, -0.2) is 0 Å². The quantitative estimate of drug-likeness (QED) is 0.687. The van der Waals surface area contributed by atoms with Crippen molar-refractivity contribution >= 4 is 10.9 Å². The Morgan fingerprint density at radius 1 is 1.31 bits per heavy atom. The number of hydrogen-bond donors (Lipinski definition) is 2. The molecule has 0 fully saturated rings. The molecule has 13 heavy (non-hydrogen) atoms. The number of benzene rings is 1. The molecule has 0 spiro atoms. The summed E-state index contributed by atoms with van der Waals surface area (Å²) >= 11 is 0. The van der Waals surface area contributed by atoms with Crippen LogP contribution in [0.2, 0.25) is 0 Å². The third-order valence-electron chi connectivity index (χ3n) is 1.97. The van der Waals surface area contributed by atoms with Crippen LogP contribution >= 0.6 is 0 Å². The Labute approximate surface area is 75.8 Å². The predicted molar refractivity (Wildman–Crippen MR) is 51.3 cm³/mol. The summed E-state index contributed by atoms with van der Waals surface area (Å²) in [7, 11) is 0. The highest BCUT2D eigenvalue weighted by Gasteiger charge is 1.97. The van der Waals surface area contributed by atoms with E-state index in [1.807, 2.05) is 18.2 Å². The third kappa shape index (κ3) is 1.46. The summed E-state index contributed by atoms with van der Waals surface area (Å²) in [5.41, 5.74) is 7.41. The number of pyridine rings is 1. The molecule has 0 saturated heterocycles. The van der Waals surface area contributed by atoms with Crippen LogP contribution in [0.4, 0.5) is 0 Å². The van der Waals surface area contributed by atoms with Gasteiger partial charge >= 0.3 is 0 Å². The molecule has 0 radical (unpaired) electrons. The minimum atomic E-state index is 0.182. The zero-order valence-corrected chi connectivity index (χ0v) is 7.07. The lowest BCUT2D eigenvalue weighted by atomic mass is 10.1. The molecule has 0 aliphatic rings. The molecule has 0 saturated carbocycles. The Balaban J connectivity index is 2.68. The molecule has 2 rings (SSSR count). The fourth-order valence-corrected chi connectivity index (χ4v) is 1.30. The van der Waals surface area contributed by atoms with Crippen LogP contribution in [-0.2, 0) is 6.54 Å². The van der Waals surface area contributed by atoms with Crippen molar-refractivity contribution in [1.29, 1.82) is 0 Å². The molecule has 66 valence electrons. The zero-order valence-electron chi connectivity index (χ0n) is 7.07. The van der Waals surface area contributed by atoms with Gasteiger partial charge < -0.3 is 10.8 Å². The van der Waals surface area contributed by atoms with E-state index in [-0.39, 0.29) is 5.75 Å². The average Bonchev–Trinajstić information content (AvgIpc) is 2.16. The largest absolute Gasteiger partial charge is 0.506 e. The molecule has 3 heteroatoms. The van der Waals surface area contributed by atoms with E-state index in [1.54, 1.807) is 6.07 Å². The maximum atomic E-state index is 9.20. The van der Waals surface area contributed by atoms with Gasteiger partial charge in [0.15, 0.2) is 0 Å². The molecule has 3 N–H and O–H groups in total. The highest BCUT2D eigenvalue weighted by molar-refractivity contribution is 5.80. The van der Waals surface area contributed by atoms with Crippen LogP contribution in [0.15, 0.2) is 30.5 Å². The molecule has 1 heterocycles. The van der Waals surface area contributed by atoms with Crippen LogP contribution in [0.5, 0.6) is 5.75 Å². The molecule has 0 aliphatic carbocycles. The first-order chi connectivity index (χ1) is 6.29. The minimum Gasteiger partial charge on any atom is -0.506 e. The number of nitrogens with zero attached hydrogens (tertiary/aromatic N) is 1. The Morgan fingerprint density at radius 2 is 2.15 bits per heavy atom. The van der Waals surface area contributed by atoms with Gasteiger partial charge in [0, 0.05) is 11.9 Å². The second kappa shape index (κ2) is 3.03. The van der Waals surface area contributed by atoms with Crippen LogP contribution in [0.1, 0.15) is 5.56 Å². The Bertz CT molecular complexity index is 440. The lowest BCUT2D eigenvalue weighted by molar-refractivity contribution is 0.474. The van der Waals surface area contributed by atoms with Gasteiger partial charge in [0.1, 0.15) is 5.75 Å². The lowest BCUT2D eigenvalue weighted by Crippen LogP contribution is -1.95. The Morgan fingerprint density at radius 3 is 2.92 bits per heavy atom. The van der Waals surface area contributed by atoms with Crippen molar-refractivity contribution in [3.05, 3.63) is 36.0 Å². The number of aromatic hydroxyl groups is 1. The van der Waals surface area contributed by atoms with Gasteiger partial charge in [0.2, 0.25) is 0 Å². The summed E-state index contributed by atoms with van der Waals surface area (Å²) in [6.07, 6.45) is 1.43. The van der Waals surface area contributed by atoms with Crippen molar-refractivity contribution in [2.75, 3.05) is 0 Å². The summed E-state index contributed by atoms with van der Waals surface area (Å²) in [4.78, 5) is 4.07. The van der Waals surface area contributed by atoms with Crippen molar-refractivity contribution in [2.24, 2.45) is 5.73 Å². The van der Waals surface area contributed by atoms with Crippen LogP contribution in [-0.4, -0.2) is 10.1 Å². The van der Waals surface area contributed by atoms with Gasteiger partial charge in [0.25, 0.3) is 0 Å². The van der Waals surface area contributed by atoms with Gasteiger partial charge in [-0.3, -0.25) is 4.98 Å². The summed E-state index contributed by atoms with van der Waals surface area (Å²) in [5, 5.41) is 10.1. The van der Waals surface area contributed by atoms with Crippen molar-refractivity contribution in [3.8, 4) is 5.75 Å². The van der Waals surface area contributed by atoms with Crippen LogP contribution in [0.3, 0.4) is 0 Å². The fourth-order valence-electron chi connectivity index (χ4n) is 1.30. The number of nitrogens with two attached hydrogens (primary N) is 1. The molecule has 0 bridgehead atoms. The summed E-state index contributed by atoms with van der Waals surface area (Å²) in [6.45, 7) is 0.506. The monoisotopic (exact) mass is 174 g/mol. The zero-order chi connectivity index (χ0) is 9.26. The van der Waals surface area contributed by atoms with Gasteiger partial charge in [-0.15, -0.1) is 0 Å². The number of rotatable bonds is 1. The molecule has 1 aromatic heterocycles. The topological polar surface area (TPSA) is 59.1 Å². The average molecular weight is 174 g/mol. The summed E-state index contributed by atoms with van der Waals surface area (Å²) < 4.78 is 0. The van der Waals surface area contributed by atoms with E-state index in [9.17, 15) is 5.11 Å². The van der Waals surface area contributed by atoms with E-state index < -0.39 is 0 Å². The standard InChI is InChI=1S/C10H10N2O/c11-5-7-1-2-10-8(3-7)4-9(13)6-12-10/h1-4,6,13H,5,11H2. The van der Waals surface area contributed by atoms with Crippen molar-refractivity contribution in [2.45, 2.75) is 6.54 Å². The molecule has 0 amide bonds. The highest BCUT2D eigenvalue weighted by atomic mass is 16.3. The molecular weight excluding hydrogens is 164 g/mol. The second-order valence-electron chi connectivity index (χ2n) is 2.92. The Hall–Kier alpha value is -1.61. The second-order valence-corrected chi connectivity index (χ2v) is 2.92. The predicted octanol–water partition coefficient (Wildman–Crippen LogP) is 1.40. The van der Waals surface area contributed by atoms with Crippen LogP contribution in [0.25, 0.3) is 10.9 Å². The van der Waals surface area contributed by atoms with E-state index in [4.69, 9.17) is 5.73 Å². The van der Waals surface area contributed by atoms with E-state index >= 15 is 0 Å². The van der Waals surface area contributed by atoms with E-state index in [2.05, 4.69) is 4.98 Å². The van der Waals surface area contributed by atoms with Gasteiger partial charge in [-0.1, -0.05) is 6.07 Å². The van der Waals surface area contributed by atoms with Crippen molar-refractivity contribution in [3.63, 3.8) is 0 Å². The number of fused-ring (bicyclic) bond motifs is 1. The first-order valence-corrected chi connectivity index (χ1v) is 4.07. The van der Waals surface area contributed by atoms with Crippen LogP contribution in [0, 0.1) is 0 Å². The minimum absolute atomic E-state index is 0.182. The molecule has 3 nitrogen and oxygen atoms in total.